The van der Waals surface area contributed by atoms with Crippen LogP contribution in [0, 0.1) is 0 Å². The van der Waals surface area contributed by atoms with E-state index in [1.807, 2.05) is 0 Å². The van der Waals surface area contributed by atoms with E-state index in [4.69, 9.17) is 9.84 Å². The van der Waals surface area contributed by atoms with Gasteiger partial charge in [0.15, 0.2) is 0 Å². The van der Waals surface area contributed by atoms with Crippen molar-refractivity contribution in [2.24, 2.45) is 0 Å². The zero-order chi connectivity index (χ0) is 11.3. The zero-order valence-corrected chi connectivity index (χ0v) is 8.61. The number of nitrogens with zero attached hydrogens (tertiary/aromatic N) is 1. The largest absolute Gasteiger partial charge is 0.480 e. The number of carboxylic acid groups (broad SMARTS) is 1. The summed E-state index contributed by atoms with van der Waals surface area (Å²) in [6, 6.07) is -0.821. The molecule has 0 aromatic rings. The molecular formula is C9H15NO4. The highest BCUT2D eigenvalue weighted by molar-refractivity contribution is 5.87. The quantitative estimate of drug-likeness (QED) is 0.505. The van der Waals surface area contributed by atoms with Gasteiger partial charge in [-0.25, -0.2) is 4.79 Å². The molecular weight excluding hydrogens is 186 g/mol. The van der Waals surface area contributed by atoms with Crippen LogP contribution in [0.2, 0.25) is 0 Å². The Morgan fingerprint density at radius 3 is 2.29 bits per heavy atom. The van der Waals surface area contributed by atoms with Crippen LogP contribution in [0.15, 0.2) is 12.2 Å². The van der Waals surface area contributed by atoms with E-state index in [0.717, 1.165) is 0 Å². The van der Waals surface area contributed by atoms with Crippen molar-refractivity contribution in [2.45, 2.75) is 13.0 Å². The summed E-state index contributed by atoms with van der Waals surface area (Å²) >= 11 is 0. The number of carboxylic acids is 1. The first-order valence-electron chi connectivity index (χ1n) is 4.08. The van der Waals surface area contributed by atoms with Crippen molar-refractivity contribution in [3.05, 3.63) is 12.2 Å². The second-order valence-electron chi connectivity index (χ2n) is 3.20. The van der Waals surface area contributed by atoms with E-state index in [2.05, 4.69) is 6.58 Å². The Kier molecular flexibility index (Phi) is 4.86. The summed E-state index contributed by atoms with van der Waals surface area (Å²) < 4.78 is 4.73. The van der Waals surface area contributed by atoms with E-state index in [1.165, 1.54) is 11.8 Å². The molecule has 0 aliphatic rings. The molecule has 0 aromatic carbocycles. The Morgan fingerprint density at radius 1 is 1.50 bits per heavy atom. The van der Waals surface area contributed by atoms with Crippen LogP contribution in [0.3, 0.4) is 0 Å². The molecule has 80 valence electrons. The summed E-state index contributed by atoms with van der Waals surface area (Å²) in [5.74, 6) is -1.59. The lowest BCUT2D eigenvalue weighted by molar-refractivity contribution is -0.149. The fourth-order valence-electron chi connectivity index (χ4n) is 0.719. The van der Waals surface area contributed by atoms with Gasteiger partial charge in [-0.15, -0.1) is 0 Å². The number of aliphatic carboxylic acids is 1. The Bertz CT molecular complexity index is 247. The van der Waals surface area contributed by atoms with Crippen molar-refractivity contribution >= 4 is 11.9 Å². The van der Waals surface area contributed by atoms with Crippen LogP contribution in [0.25, 0.3) is 0 Å². The maximum Gasteiger partial charge on any atom is 0.333 e. The predicted molar refractivity (Wildman–Crippen MR) is 50.9 cm³/mol. The number of ether oxygens (including phenoxy) is 1. The third kappa shape index (κ3) is 4.04. The number of hydrogen-bond donors (Lipinski definition) is 1. The molecule has 0 aromatic heterocycles. The van der Waals surface area contributed by atoms with Crippen molar-refractivity contribution in [1.82, 2.24) is 4.90 Å². The molecule has 14 heavy (non-hydrogen) atoms. The predicted octanol–water partition coefficient (Wildman–Crippen LogP) is 0.121. The van der Waals surface area contributed by atoms with Gasteiger partial charge in [0.1, 0.15) is 12.6 Å². The number of carbonyl (C=O) groups is 2. The lowest BCUT2D eigenvalue weighted by atomic mass is 10.3. The summed E-state index contributed by atoms with van der Waals surface area (Å²) in [4.78, 5) is 23.1. The minimum atomic E-state index is -1.02. The lowest BCUT2D eigenvalue weighted by Crippen LogP contribution is -2.40. The van der Waals surface area contributed by atoms with Gasteiger partial charge in [-0.2, -0.15) is 0 Å². The molecule has 0 aliphatic heterocycles. The molecule has 0 spiro atoms. The van der Waals surface area contributed by atoms with Gasteiger partial charge in [-0.1, -0.05) is 6.58 Å². The fourth-order valence-corrected chi connectivity index (χ4v) is 0.719. The molecule has 1 atom stereocenters. The first-order valence-corrected chi connectivity index (χ1v) is 4.08. The van der Waals surface area contributed by atoms with E-state index in [-0.39, 0.29) is 12.2 Å². The first-order chi connectivity index (χ1) is 6.36. The van der Waals surface area contributed by atoms with Crippen LogP contribution in [0.5, 0.6) is 0 Å². The van der Waals surface area contributed by atoms with Crippen LogP contribution in [0.4, 0.5) is 0 Å². The van der Waals surface area contributed by atoms with E-state index in [0.29, 0.717) is 0 Å². The monoisotopic (exact) mass is 201 g/mol. The van der Waals surface area contributed by atoms with Crippen LogP contribution >= 0.6 is 0 Å². The maximum absolute atomic E-state index is 11.0. The van der Waals surface area contributed by atoms with Crippen LogP contribution < -0.4 is 0 Å². The van der Waals surface area contributed by atoms with Gasteiger partial charge in [-0.3, -0.25) is 9.69 Å². The van der Waals surface area contributed by atoms with E-state index < -0.39 is 18.0 Å². The molecule has 0 radical (unpaired) electrons. The number of esters is 1. The summed E-state index contributed by atoms with van der Waals surface area (Å²) in [7, 11) is 3.21. The van der Waals surface area contributed by atoms with Crippen LogP contribution in [0.1, 0.15) is 6.92 Å². The Balaban J connectivity index is 4.14. The number of carbonyl (C=O) groups excluding carboxylic acids is 1. The average Bonchev–Trinajstić information content (AvgIpc) is 2.02. The number of likely N-dealkylation sites (N-methyl/N-ethyl adjacent to an activating group) is 1. The van der Waals surface area contributed by atoms with Crippen molar-refractivity contribution in [3.8, 4) is 0 Å². The second-order valence-corrected chi connectivity index (χ2v) is 3.20. The Labute approximate surface area is 83.0 Å². The highest BCUT2D eigenvalue weighted by atomic mass is 16.5. The van der Waals surface area contributed by atoms with Gasteiger partial charge in [-0.05, 0) is 21.0 Å². The molecule has 0 heterocycles. The SMILES string of the molecule is C=C(C)C(=O)OCC(C(=O)O)N(C)C. The minimum Gasteiger partial charge on any atom is -0.480 e. The third-order valence-electron chi connectivity index (χ3n) is 1.63. The highest BCUT2D eigenvalue weighted by Crippen LogP contribution is 1.98. The summed E-state index contributed by atoms with van der Waals surface area (Å²) in [5.41, 5.74) is 0.257. The average molecular weight is 201 g/mol. The van der Waals surface area contributed by atoms with Crippen LogP contribution in [-0.4, -0.2) is 48.7 Å². The zero-order valence-electron chi connectivity index (χ0n) is 8.61. The molecule has 5 nitrogen and oxygen atoms in total. The maximum atomic E-state index is 11.0. The highest BCUT2D eigenvalue weighted by Gasteiger charge is 2.21. The molecule has 0 fully saturated rings. The van der Waals surface area contributed by atoms with E-state index in [1.54, 1.807) is 14.1 Å². The number of hydrogen-bond acceptors (Lipinski definition) is 4. The fraction of sp³-hybridized carbons (Fsp3) is 0.556. The second kappa shape index (κ2) is 5.39. The standard InChI is InChI=1S/C9H15NO4/c1-6(2)9(13)14-5-7(8(11)12)10(3)4/h7H,1,5H2,2-4H3,(H,11,12). The molecule has 0 aliphatic carbocycles. The molecule has 0 amide bonds. The summed E-state index contributed by atoms with van der Waals surface area (Å²) in [5, 5.41) is 8.74. The molecule has 0 rings (SSSR count). The van der Waals surface area contributed by atoms with Gasteiger partial charge in [0, 0.05) is 5.57 Å². The summed E-state index contributed by atoms with van der Waals surface area (Å²) in [6.07, 6.45) is 0. The molecule has 0 saturated carbocycles. The molecule has 0 saturated heterocycles. The van der Waals surface area contributed by atoms with Gasteiger partial charge < -0.3 is 9.84 Å². The van der Waals surface area contributed by atoms with Crippen molar-refractivity contribution < 1.29 is 19.4 Å². The van der Waals surface area contributed by atoms with Gasteiger partial charge >= 0.3 is 11.9 Å². The Morgan fingerprint density at radius 2 is 2.00 bits per heavy atom. The van der Waals surface area contributed by atoms with Gasteiger partial charge in [0.25, 0.3) is 0 Å². The van der Waals surface area contributed by atoms with Crippen molar-refractivity contribution in [3.63, 3.8) is 0 Å². The number of rotatable bonds is 5. The van der Waals surface area contributed by atoms with Crippen molar-refractivity contribution in [2.75, 3.05) is 20.7 Å². The van der Waals surface area contributed by atoms with E-state index >= 15 is 0 Å². The summed E-state index contributed by atoms with van der Waals surface area (Å²) in [6.45, 7) is 4.72. The topological polar surface area (TPSA) is 66.8 Å². The molecule has 5 heteroatoms. The first kappa shape index (κ1) is 12.6. The molecule has 1 N–H and O–H groups in total. The molecule has 0 bridgehead atoms. The van der Waals surface area contributed by atoms with Gasteiger partial charge in [0.2, 0.25) is 0 Å². The van der Waals surface area contributed by atoms with E-state index in [9.17, 15) is 9.59 Å². The van der Waals surface area contributed by atoms with Crippen LogP contribution in [-0.2, 0) is 14.3 Å². The third-order valence-corrected chi connectivity index (χ3v) is 1.63. The molecule has 1 unspecified atom stereocenters. The Hall–Kier alpha value is -1.36. The van der Waals surface area contributed by atoms with Gasteiger partial charge in [0.05, 0.1) is 0 Å². The minimum absolute atomic E-state index is 0.173. The normalized spacial score (nSPS) is 12.3. The smallest absolute Gasteiger partial charge is 0.333 e. The lowest BCUT2D eigenvalue weighted by Gasteiger charge is -2.19. The van der Waals surface area contributed by atoms with Crippen molar-refractivity contribution in [1.29, 1.82) is 0 Å².